The second kappa shape index (κ2) is 15.1. The van der Waals surface area contributed by atoms with Crippen molar-refractivity contribution in [2.75, 3.05) is 13.7 Å². The van der Waals surface area contributed by atoms with E-state index in [-0.39, 0.29) is 36.4 Å². The number of alkyl halides is 3. The minimum atomic E-state index is -4.93. The van der Waals surface area contributed by atoms with E-state index in [1.165, 1.54) is 18.2 Å². The minimum Gasteiger partial charge on any atom is -0.497 e. The summed E-state index contributed by atoms with van der Waals surface area (Å²) in [5.41, 5.74) is 0.664. The molecule has 3 aliphatic rings. The van der Waals surface area contributed by atoms with Gasteiger partial charge in [-0.25, -0.2) is 15.0 Å². The van der Waals surface area contributed by atoms with Crippen molar-refractivity contribution in [2.24, 2.45) is 5.92 Å². The number of ether oxygens (including phenoxy) is 3. The Labute approximate surface area is 311 Å². The third kappa shape index (κ3) is 8.49. The number of fused-ring (bicyclic) bond motifs is 1. The van der Waals surface area contributed by atoms with Gasteiger partial charge < -0.3 is 35.6 Å². The van der Waals surface area contributed by atoms with Gasteiger partial charge in [0.1, 0.15) is 23.7 Å². The first-order chi connectivity index (χ1) is 25.6. The van der Waals surface area contributed by atoms with Crippen molar-refractivity contribution in [3.63, 3.8) is 0 Å². The zero-order valence-electron chi connectivity index (χ0n) is 30.5. The van der Waals surface area contributed by atoms with E-state index in [1.807, 2.05) is 36.4 Å². The lowest BCUT2D eigenvalue weighted by Crippen LogP contribution is -2.54. The molecular formula is C40H44F3N5O6. The summed E-state index contributed by atoms with van der Waals surface area (Å²) >= 11 is 0. The van der Waals surface area contributed by atoms with Crippen LogP contribution in [-0.2, 0) is 38.5 Å². The number of allylic oxidation sites excluding steroid dienone is 2. The van der Waals surface area contributed by atoms with Crippen molar-refractivity contribution < 1.29 is 41.8 Å². The molecule has 1 saturated carbocycles. The summed E-state index contributed by atoms with van der Waals surface area (Å²) in [6.45, 7) is 5.16. The van der Waals surface area contributed by atoms with Gasteiger partial charge in [0.25, 0.3) is 5.91 Å². The summed E-state index contributed by atoms with van der Waals surface area (Å²) in [4.78, 5) is 39.2. The van der Waals surface area contributed by atoms with E-state index >= 15 is 13.2 Å². The van der Waals surface area contributed by atoms with Gasteiger partial charge in [0.15, 0.2) is 5.54 Å². The minimum absolute atomic E-state index is 0.128. The molecule has 3 amide bonds. The van der Waals surface area contributed by atoms with Crippen molar-refractivity contribution in [1.82, 2.24) is 26.8 Å². The number of hydrogen-bond acceptors (Lipinski definition) is 8. The summed E-state index contributed by atoms with van der Waals surface area (Å²) in [5, 5.41) is 9.91. The molecule has 2 aliphatic carbocycles. The van der Waals surface area contributed by atoms with E-state index in [4.69, 9.17) is 14.2 Å². The lowest BCUT2D eigenvalue weighted by molar-refractivity contribution is -0.185. The number of amides is 3. The second-order valence-corrected chi connectivity index (χ2v) is 14.7. The van der Waals surface area contributed by atoms with Crippen LogP contribution in [0.2, 0.25) is 0 Å². The topological polar surface area (TPSA) is 139 Å². The monoisotopic (exact) mass is 747 g/mol. The molecule has 1 aliphatic heterocycles. The SMILES string of the molecule is COc1ccc2cc(COC(=O)NCC3CC3)c(C3(NC(=O)C4=CC(c5ccccc5CNC(=O)OC(C)(C)C)(C(F)(F)F)NN4)C=CC=CC3)cc2c1. The lowest BCUT2D eigenvalue weighted by atomic mass is 9.80. The van der Waals surface area contributed by atoms with Crippen LogP contribution in [0.4, 0.5) is 22.8 Å². The number of hydrogen-bond donors (Lipinski definition) is 5. The smallest absolute Gasteiger partial charge is 0.416 e. The summed E-state index contributed by atoms with van der Waals surface area (Å²) in [6.07, 6.45) is 4.03. The highest BCUT2D eigenvalue weighted by molar-refractivity contribution is 5.95. The Bertz CT molecular complexity index is 2020. The van der Waals surface area contributed by atoms with Gasteiger partial charge in [-0.15, -0.1) is 0 Å². The van der Waals surface area contributed by atoms with Crippen LogP contribution in [0, 0.1) is 5.92 Å². The second-order valence-electron chi connectivity index (χ2n) is 14.7. The molecule has 14 heteroatoms. The molecule has 1 fully saturated rings. The first kappa shape index (κ1) is 38.2. The van der Waals surface area contributed by atoms with E-state index in [2.05, 4.69) is 26.8 Å². The standard InChI is InChI=1S/C40H44F3N5O6/c1-37(2,3)54-36(51)45-23-27-10-6-7-11-31(27)39(40(41,42)43)21-33(47-48-39)34(49)46-38(16-8-5-9-17-38)32-20-28-19-30(52-4)15-14-26(28)18-29(32)24-53-35(50)44-22-25-12-13-25/h5-11,14-16,18-21,25,47-48H,12-13,17,22-24H2,1-4H3,(H,44,50)(H,45,51)(H,46,49). The molecule has 54 heavy (non-hydrogen) atoms. The summed E-state index contributed by atoms with van der Waals surface area (Å²) in [5.74, 6) is 0.233. The number of benzene rings is 3. The molecular weight excluding hydrogens is 703 g/mol. The number of rotatable bonds is 11. The average Bonchev–Trinajstić information content (AvgIpc) is 3.85. The van der Waals surface area contributed by atoms with Crippen LogP contribution < -0.4 is 31.5 Å². The fraction of sp³-hybridized carbons (Fsp3) is 0.375. The molecule has 0 bridgehead atoms. The van der Waals surface area contributed by atoms with Crippen molar-refractivity contribution in [1.29, 1.82) is 0 Å². The van der Waals surface area contributed by atoms with Crippen LogP contribution >= 0.6 is 0 Å². The van der Waals surface area contributed by atoms with Crippen LogP contribution in [0.3, 0.4) is 0 Å². The van der Waals surface area contributed by atoms with Crippen LogP contribution in [0.5, 0.6) is 5.75 Å². The summed E-state index contributed by atoms with van der Waals surface area (Å²) in [7, 11) is 1.55. The number of nitrogens with one attached hydrogen (secondary N) is 5. The molecule has 3 aromatic rings. The maximum Gasteiger partial charge on any atom is 0.416 e. The fourth-order valence-corrected chi connectivity index (χ4v) is 6.55. The lowest BCUT2D eigenvalue weighted by Gasteiger charge is -2.35. The van der Waals surface area contributed by atoms with Crippen molar-refractivity contribution in [3.8, 4) is 5.75 Å². The number of methoxy groups -OCH3 is 1. The molecule has 0 spiro atoms. The van der Waals surface area contributed by atoms with Gasteiger partial charge in [0.05, 0.1) is 12.6 Å². The number of halogens is 3. The van der Waals surface area contributed by atoms with E-state index < -0.39 is 40.9 Å². The first-order valence-electron chi connectivity index (χ1n) is 17.7. The third-order valence-corrected chi connectivity index (χ3v) is 9.46. The molecule has 0 radical (unpaired) electrons. The van der Waals surface area contributed by atoms with Gasteiger partial charge in [-0.2, -0.15) is 13.2 Å². The first-order valence-corrected chi connectivity index (χ1v) is 17.7. The number of carbonyl (C=O) groups excluding carboxylic acids is 3. The molecule has 3 aromatic carbocycles. The molecule has 5 N–H and O–H groups in total. The Morgan fingerprint density at radius 1 is 0.907 bits per heavy atom. The van der Waals surface area contributed by atoms with E-state index in [1.54, 1.807) is 52.2 Å². The zero-order chi connectivity index (χ0) is 38.7. The van der Waals surface area contributed by atoms with Crippen LogP contribution in [0.15, 0.2) is 90.7 Å². The normalized spacial score (nSPS) is 20.8. The number of hydrazine groups is 1. The highest BCUT2D eigenvalue weighted by Gasteiger charge is 2.58. The Balaban J connectivity index is 1.33. The highest BCUT2D eigenvalue weighted by Crippen LogP contribution is 2.44. The molecule has 2 unspecified atom stereocenters. The van der Waals surface area contributed by atoms with Crippen molar-refractivity contribution in [3.05, 3.63) is 113 Å². The van der Waals surface area contributed by atoms with Crippen molar-refractivity contribution in [2.45, 2.75) is 76.0 Å². The number of alkyl carbamates (subject to hydrolysis) is 2. The zero-order valence-corrected chi connectivity index (χ0v) is 30.5. The van der Waals surface area contributed by atoms with Gasteiger partial charge in [0.2, 0.25) is 0 Å². The quantitative estimate of drug-likeness (QED) is 0.145. The Hall–Kier alpha value is -5.50. The predicted octanol–water partition coefficient (Wildman–Crippen LogP) is 6.79. The molecule has 11 nitrogen and oxygen atoms in total. The molecule has 1 heterocycles. The van der Waals surface area contributed by atoms with Gasteiger partial charge in [-0.1, -0.05) is 54.6 Å². The predicted molar refractivity (Wildman–Crippen MR) is 196 cm³/mol. The van der Waals surface area contributed by atoms with Crippen molar-refractivity contribution >= 4 is 28.9 Å². The molecule has 2 atom stereocenters. The van der Waals surface area contributed by atoms with Gasteiger partial charge in [-0.3, -0.25) is 4.79 Å². The van der Waals surface area contributed by atoms with E-state index in [9.17, 15) is 14.4 Å². The Morgan fingerprint density at radius 2 is 1.69 bits per heavy atom. The molecule has 0 aromatic heterocycles. The molecule has 0 saturated heterocycles. The van der Waals surface area contributed by atoms with Gasteiger partial charge in [0, 0.05) is 13.1 Å². The van der Waals surface area contributed by atoms with Crippen LogP contribution in [0.25, 0.3) is 10.8 Å². The van der Waals surface area contributed by atoms with Gasteiger partial charge >= 0.3 is 18.4 Å². The molecule has 6 rings (SSSR count). The van der Waals surface area contributed by atoms with Gasteiger partial charge in [-0.05, 0) is 109 Å². The number of carbonyl (C=O) groups is 3. The third-order valence-electron chi connectivity index (χ3n) is 9.46. The summed E-state index contributed by atoms with van der Waals surface area (Å²) < 4.78 is 61.9. The summed E-state index contributed by atoms with van der Waals surface area (Å²) in [6, 6.07) is 15.0. The Kier molecular flexibility index (Phi) is 10.7. The average molecular weight is 748 g/mol. The van der Waals surface area contributed by atoms with E-state index in [0.29, 0.717) is 29.3 Å². The van der Waals surface area contributed by atoms with Crippen LogP contribution in [-0.4, -0.2) is 43.5 Å². The maximum atomic E-state index is 15.2. The maximum absolute atomic E-state index is 15.2. The fourth-order valence-electron chi connectivity index (χ4n) is 6.55. The van der Waals surface area contributed by atoms with Crippen LogP contribution in [0.1, 0.15) is 62.3 Å². The Morgan fingerprint density at radius 3 is 2.37 bits per heavy atom. The largest absolute Gasteiger partial charge is 0.497 e. The highest BCUT2D eigenvalue weighted by atomic mass is 19.4. The van der Waals surface area contributed by atoms with E-state index in [0.717, 1.165) is 29.7 Å². The molecule has 286 valence electrons.